The fourth-order valence-corrected chi connectivity index (χ4v) is 5.68. The van der Waals surface area contributed by atoms with Crippen molar-refractivity contribution in [1.82, 2.24) is 0 Å². The lowest BCUT2D eigenvalue weighted by molar-refractivity contribution is -0.177. The lowest BCUT2D eigenvalue weighted by Gasteiger charge is -2.55. The number of benzene rings is 1. The number of hydrogen-bond donors (Lipinski definition) is 1. The van der Waals surface area contributed by atoms with Crippen LogP contribution in [0.1, 0.15) is 45.4 Å². The molecule has 1 unspecified atom stereocenters. The maximum absolute atomic E-state index is 13.8. The molecule has 1 amide bonds. The van der Waals surface area contributed by atoms with Crippen LogP contribution in [0.15, 0.2) is 18.2 Å². The number of carbonyl (C=O) groups excluding carboxylic acids is 2. The summed E-state index contributed by atoms with van der Waals surface area (Å²) in [5.41, 5.74) is -0.383. The molecular weight excluding hydrogens is 357 g/mol. The van der Waals surface area contributed by atoms with Crippen LogP contribution in [0.2, 0.25) is 5.02 Å². The van der Waals surface area contributed by atoms with E-state index in [2.05, 4.69) is 5.32 Å². The first-order valence-electron chi connectivity index (χ1n) is 9.31. The van der Waals surface area contributed by atoms with Crippen LogP contribution in [0.5, 0.6) is 0 Å². The number of carbonyl (C=O) groups is 2. The number of nitrogens with one attached hydrogen (secondary N) is 1. The van der Waals surface area contributed by atoms with Crippen LogP contribution in [0.4, 0.5) is 10.1 Å². The molecule has 0 heterocycles. The van der Waals surface area contributed by atoms with Gasteiger partial charge in [-0.2, -0.15) is 0 Å². The Morgan fingerprint density at radius 3 is 2.31 bits per heavy atom. The Hall–Kier alpha value is -1.62. The number of amides is 1. The SMILES string of the molecule is CC(OC(=O)C12CC3CC(CC(C3)C1)C2)C(=O)Nc1ccc(Cl)cc1F. The van der Waals surface area contributed by atoms with Gasteiger partial charge in [0.25, 0.3) is 5.91 Å². The Morgan fingerprint density at radius 2 is 1.77 bits per heavy atom. The molecule has 1 atom stereocenters. The van der Waals surface area contributed by atoms with Gasteiger partial charge in [0.05, 0.1) is 11.1 Å². The van der Waals surface area contributed by atoms with Gasteiger partial charge in [0.2, 0.25) is 0 Å². The highest BCUT2D eigenvalue weighted by atomic mass is 35.5. The van der Waals surface area contributed by atoms with Crippen LogP contribution in [0, 0.1) is 29.0 Å². The van der Waals surface area contributed by atoms with E-state index in [0.29, 0.717) is 17.8 Å². The van der Waals surface area contributed by atoms with Gasteiger partial charge in [0.1, 0.15) is 5.82 Å². The highest BCUT2D eigenvalue weighted by molar-refractivity contribution is 6.30. The van der Waals surface area contributed by atoms with E-state index in [-0.39, 0.29) is 16.7 Å². The lowest BCUT2D eigenvalue weighted by Crippen LogP contribution is -2.51. The summed E-state index contributed by atoms with van der Waals surface area (Å²) in [6.45, 7) is 1.53. The molecule has 5 rings (SSSR count). The van der Waals surface area contributed by atoms with Gasteiger partial charge in [-0.3, -0.25) is 9.59 Å². The van der Waals surface area contributed by atoms with E-state index in [1.807, 2.05) is 0 Å². The van der Waals surface area contributed by atoms with Crippen molar-refractivity contribution < 1.29 is 18.7 Å². The normalized spacial score (nSPS) is 33.0. The minimum absolute atomic E-state index is 0.0251. The second-order valence-electron chi connectivity index (χ2n) is 8.36. The monoisotopic (exact) mass is 379 g/mol. The molecule has 0 radical (unpaired) electrons. The average molecular weight is 380 g/mol. The first-order valence-corrected chi connectivity index (χ1v) is 9.69. The molecule has 4 saturated carbocycles. The molecule has 6 heteroatoms. The van der Waals surface area contributed by atoms with Crippen molar-refractivity contribution in [3.05, 3.63) is 29.0 Å². The van der Waals surface area contributed by atoms with Crippen LogP contribution in [-0.2, 0) is 14.3 Å². The Balaban J connectivity index is 1.40. The molecular formula is C20H23ClFNO3. The Bertz CT molecular complexity index is 715. The van der Waals surface area contributed by atoms with E-state index in [0.717, 1.165) is 25.3 Å². The number of anilines is 1. The molecule has 1 aromatic rings. The summed E-state index contributed by atoms with van der Waals surface area (Å²) in [4.78, 5) is 25.2. The van der Waals surface area contributed by atoms with Crippen LogP contribution in [0.3, 0.4) is 0 Å². The number of ether oxygens (including phenoxy) is 1. The number of halogens is 2. The standard InChI is InChI=1S/C20H23ClFNO3/c1-11(18(24)23-17-3-2-15(21)7-16(17)22)26-19(25)20-8-12-4-13(9-20)6-14(5-12)10-20/h2-3,7,11-14H,4-6,8-10H2,1H3,(H,23,24). The smallest absolute Gasteiger partial charge is 0.312 e. The van der Waals surface area contributed by atoms with E-state index in [4.69, 9.17) is 16.3 Å². The molecule has 0 spiro atoms. The summed E-state index contributed by atoms with van der Waals surface area (Å²) in [5, 5.41) is 2.72. The maximum atomic E-state index is 13.8. The van der Waals surface area contributed by atoms with Crippen molar-refractivity contribution in [2.24, 2.45) is 23.2 Å². The van der Waals surface area contributed by atoms with Crippen LogP contribution < -0.4 is 5.32 Å². The molecule has 1 N–H and O–H groups in total. The van der Waals surface area contributed by atoms with Crippen LogP contribution in [-0.4, -0.2) is 18.0 Å². The molecule has 4 aliphatic rings. The first-order chi connectivity index (χ1) is 12.3. The molecule has 0 saturated heterocycles. The van der Waals surface area contributed by atoms with E-state index < -0.39 is 23.2 Å². The van der Waals surface area contributed by atoms with Gasteiger partial charge in [-0.15, -0.1) is 0 Å². The number of rotatable bonds is 4. The molecule has 4 aliphatic carbocycles. The fraction of sp³-hybridized carbons (Fsp3) is 0.600. The largest absolute Gasteiger partial charge is 0.452 e. The molecule has 140 valence electrons. The van der Waals surface area contributed by atoms with Crippen molar-refractivity contribution >= 4 is 29.2 Å². The summed E-state index contributed by atoms with van der Waals surface area (Å²) < 4.78 is 19.4. The summed E-state index contributed by atoms with van der Waals surface area (Å²) in [5.74, 6) is 0.467. The second kappa shape index (κ2) is 6.52. The van der Waals surface area contributed by atoms with Crippen molar-refractivity contribution in [1.29, 1.82) is 0 Å². The topological polar surface area (TPSA) is 55.4 Å². The van der Waals surface area contributed by atoms with Gasteiger partial charge in [0, 0.05) is 5.02 Å². The Morgan fingerprint density at radius 1 is 1.19 bits per heavy atom. The van der Waals surface area contributed by atoms with Gasteiger partial charge in [0.15, 0.2) is 6.10 Å². The molecule has 4 fully saturated rings. The van der Waals surface area contributed by atoms with Gasteiger partial charge in [-0.25, -0.2) is 4.39 Å². The Kier molecular flexibility index (Phi) is 4.46. The zero-order chi connectivity index (χ0) is 18.5. The van der Waals surface area contributed by atoms with Crippen LogP contribution >= 0.6 is 11.6 Å². The number of esters is 1. The van der Waals surface area contributed by atoms with Crippen LogP contribution in [0.25, 0.3) is 0 Å². The summed E-state index contributed by atoms with van der Waals surface area (Å²) in [6.07, 6.45) is 5.40. The Labute approximate surface area is 157 Å². The van der Waals surface area contributed by atoms with E-state index in [9.17, 15) is 14.0 Å². The fourth-order valence-electron chi connectivity index (χ4n) is 5.52. The second-order valence-corrected chi connectivity index (χ2v) is 8.80. The highest BCUT2D eigenvalue weighted by Crippen LogP contribution is 2.60. The minimum Gasteiger partial charge on any atom is -0.452 e. The minimum atomic E-state index is -0.967. The van der Waals surface area contributed by atoms with E-state index in [1.165, 1.54) is 38.3 Å². The molecule has 0 aliphatic heterocycles. The third kappa shape index (κ3) is 3.22. The first kappa shape index (κ1) is 17.8. The molecule has 4 nitrogen and oxygen atoms in total. The van der Waals surface area contributed by atoms with Gasteiger partial charge in [-0.05, 0) is 81.4 Å². The van der Waals surface area contributed by atoms with E-state index >= 15 is 0 Å². The van der Waals surface area contributed by atoms with Crippen molar-refractivity contribution in [2.45, 2.75) is 51.6 Å². The zero-order valence-electron chi connectivity index (χ0n) is 14.8. The van der Waals surface area contributed by atoms with Crippen molar-refractivity contribution in [3.8, 4) is 0 Å². The van der Waals surface area contributed by atoms with Gasteiger partial charge >= 0.3 is 5.97 Å². The molecule has 26 heavy (non-hydrogen) atoms. The predicted octanol–water partition coefficient (Wildman–Crippen LogP) is 4.57. The lowest BCUT2D eigenvalue weighted by atomic mass is 9.49. The zero-order valence-corrected chi connectivity index (χ0v) is 15.5. The summed E-state index contributed by atoms with van der Waals surface area (Å²) in [7, 11) is 0. The number of hydrogen-bond acceptors (Lipinski definition) is 3. The van der Waals surface area contributed by atoms with Crippen molar-refractivity contribution in [3.63, 3.8) is 0 Å². The van der Waals surface area contributed by atoms with Gasteiger partial charge in [-0.1, -0.05) is 11.6 Å². The van der Waals surface area contributed by atoms with Gasteiger partial charge < -0.3 is 10.1 Å². The molecule has 1 aromatic carbocycles. The predicted molar refractivity (Wildman–Crippen MR) is 96.2 cm³/mol. The average Bonchev–Trinajstić information content (AvgIpc) is 2.56. The third-order valence-electron chi connectivity index (χ3n) is 6.31. The molecule has 0 aromatic heterocycles. The third-order valence-corrected chi connectivity index (χ3v) is 6.55. The molecule has 4 bridgehead atoms. The highest BCUT2D eigenvalue weighted by Gasteiger charge is 2.55. The maximum Gasteiger partial charge on any atom is 0.312 e. The summed E-state index contributed by atoms with van der Waals surface area (Å²) in [6, 6.07) is 4.01. The van der Waals surface area contributed by atoms with E-state index in [1.54, 1.807) is 0 Å². The summed E-state index contributed by atoms with van der Waals surface area (Å²) >= 11 is 5.71. The quantitative estimate of drug-likeness (QED) is 0.780. The van der Waals surface area contributed by atoms with Crippen molar-refractivity contribution in [2.75, 3.05) is 5.32 Å².